The number of hydrogen-bond donors (Lipinski definition) is 0. The van der Waals surface area contributed by atoms with Crippen LogP contribution >= 0.6 is 35.6 Å². The van der Waals surface area contributed by atoms with Gasteiger partial charge in [-0.1, -0.05) is 47.7 Å². The zero-order valence-electron chi connectivity index (χ0n) is 10.7. The molecule has 1 aromatic carbocycles. The van der Waals surface area contributed by atoms with Gasteiger partial charge in [-0.25, -0.2) is 0 Å². The summed E-state index contributed by atoms with van der Waals surface area (Å²) in [7, 11) is 0. The molecule has 0 saturated carbocycles. The molecule has 1 aliphatic rings. The molecule has 2 aromatic rings. The number of thiocarbonyl (C=S) groups is 1. The molecule has 0 unspecified atom stereocenters. The van der Waals surface area contributed by atoms with Gasteiger partial charge in [0.25, 0.3) is 5.91 Å². The topological polar surface area (TPSA) is 33.2 Å². The van der Waals surface area contributed by atoms with E-state index in [9.17, 15) is 4.79 Å². The van der Waals surface area contributed by atoms with Crippen LogP contribution < -0.4 is 4.90 Å². The van der Waals surface area contributed by atoms with Crippen molar-refractivity contribution in [2.45, 2.75) is 0 Å². The Morgan fingerprint density at radius 2 is 2.10 bits per heavy atom. The molecule has 1 fully saturated rings. The molecule has 0 N–H and O–H groups in total. The Hall–Kier alpha value is -1.69. The normalized spacial score (nSPS) is 16.8. The third-order valence-electron chi connectivity index (χ3n) is 2.83. The van der Waals surface area contributed by atoms with E-state index in [1.54, 1.807) is 36.5 Å². The van der Waals surface area contributed by atoms with E-state index in [1.165, 1.54) is 16.7 Å². The molecule has 6 heteroatoms. The van der Waals surface area contributed by atoms with Gasteiger partial charge in [-0.15, -0.1) is 0 Å². The van der Waals surface area contributed by atoms with Gasteiger partial charge in [0.2, 0.25) is 0 Å². The predicted molar refractivity (Wildman–Crippen MR) is 91.3 cm³/mol. The van der Waals surface area contributed by atoms with Crippen molar-refractivity contribution in [3.05, 3.63) is 64.3 Å². The third-order valence-corrected chi connectivity index (χ3v) is 4.36. The van der Waals surface area contributed by atoms with Crippen LogP contribution in [0.15, 0.2) is 53.6 Å². The fourth-order valence-corrected chi connectivity index (χ4v) is 3.37. The van der Waals surface area contributed by atoms with E-state index in [-0.39, 0.29) is 5.91 Å². The monoisotopic (exact) mass is 332 g/mol. The van der Waals surface area contributed by atoms with Crippen molar-refractivity contribution >= 4 is 57.6 Å². The van der Waals surface area contributed by atoms with E-state index >= 15 is 0 Å². The van der Waals surface area contributed by atoms with Crippen molar-refractivity contribution in [2.75, 3.05) is 4.90 Å². The molecule has 1 aliphatic heterocycles. The number of rotatable bonds is 2. The Bertz CT molecular complexity index is 746. The molecule has 1 amide bonds. The number of halogens is 1. The average Bonchev–Trinajstić information content (AvgIpc) is 2.74. The summed E-state index contributed by atoms with van der Waals surface area (Å²) in [5.41, 5.74) is 1.40. The second-order valence-electron chi connectivity index (χ2n) is 4.25. The summed E-state index contributed by atoms with van der Waals surface area (Å²) in [5, 5.41) is 0.565. The Balaban J connectivity index is 1.94. The number of carbonyl (C=O) groups excluding carboxylic acids is 1. The number of pyridine rings is 1. The van der Waals surface area contributed by atoms with Crippen LogP contribution in [-0.4, -0.2) is 15.2 Å². The molecule has 0 aliphatic carbocycles. The van der Waals surface area contributed by atoms with Crippen LogP contribution in [0.1, 0.15) is 5.69 Å². The molecule has 21 heavy (non-hydrogen) atoms. The summed E-state index contributed by atoms with van der Waals surface area (Å²) in [5.74, 6) is -0.155. The molecule has 2 heterocycles. The fraction of sp³-hybridized carbons (Fsp3) is 0. The molecule has 3 nitrogen and oxygen atoms in total. The Morgan fingerprint density at radius 1 is 1.24 bits per heavy atom. The molecule has 0 radical (unpaired) electrons. The summed E-state index contributed by atoms with van der Waals surface area (Å²) in [6, 6.07) is 12.6. The van der Waals surface area contributed by atoms with Crippen molar-refractivity contribution in [3.63, 3.8) is 0 Å². The van der Waals surface area contributed by atoms with E-state index in [1.807, 2.05) is 18.2 Å². The highest BCUT2D eigenvalue weighted by Gasteiger charge is 2.33. The standard InChI is InChI=1S/C15H9ClN2OS2/c16-10-4-3-6-12(8-10)18-14(19)13(21-15(18)20)9-11-5-1-2-7-17-11/h1-9H/b13-9+. The Morgan fingerprint density at radius 3 is 2.81 bits per heavy atom. The second kappa shape index (κ2) is 5.97. The predicted octanol–water partition coefficient (Wildman–Crippen LogP) is 4.14. The second-order valence-corrected chi connectivity index (χ2v) is 6.36. The summed E-state index contributed by atoms with van der Waals surface area (Å²) >= 11 is 12.5. The van der Waals surface area contributed by atoms with Gasteiger partial charge >= 0.3 is 0 Å². The lowest BCUT2D eigenvalue weighted by molar-refractivity contribution is -0.113. The molecule has 0 bridgehead atoms. The van der Waals surface area contributed by atoms with E-state index < -0.39 is 0 Å². The molecular formula is C15H9ClN2OS2. The lowest BCUT2D eigenvalue weighted by Gasteiger charge is -2.14. The number of carbonyl (C=O) groups is 1. The molecular weight excluding hydrogens is 324 g/mol. The smallest absolute Gasteiger partial charge is 0.268 e. The van der Waals surface area contributed by atoms with E-state index in [2.05, 4.69) is 4.98 Å². The quantitative estimate of drug-likeness (QED) is 0.611. The van der Waals surface area contributed by atoms with E-state index in [0.717, 1.165) is 5.69 Å². The highest BCUT2D eigenvalue weighted by Crippen LogP contribution is 2.36. The maximum absolute atomic E-state index is 12.5. The number of nitrogens with zero attached hydrogens (tertiary/aromatic N) is 2. The third kappa shape index (κ3) is 3.00. The van der Waals surface area contributed by atoms with Gasteiger partial charge in [-0.3, -0.25) is 14.7 Å². The molecule has 3 rings (SSSR count). The lowest BCUT2D eigenvalue weighted by atomic mass is 10.2. The van der Waals surface area contributed by atoms with Gasteiger partial charge in [0.1, 0.15) is 0 Å². The highest BCUT2D eigenvalue weighted by molar-refractivity contribution is 8.27. The minimum Gasteiger partial charge on any atom is -0.268 e. The number of hydrogen-bond acceptors (Lipinski definition) is 4. The summed E-state index contributed by atoms with van der Waals surface area (Å²) < 4.78 is 0.490. The van der Waals surface area contributed by atoms with E-state index in [4.69, 9.17) is 23.8 Å². The maximum atomic E-state index is 12.5. The number of benzene rings is 1. The van der Waals surface area contributed by atoms with Crippen LogP contribution in [-0.2, 0) is 4.79 Å². The molecule has 0 spiro atoms. The van der Waals surface area contributed by atoms with Gasteiger partial charge in [0, 0.05) is 11.2 Å². The SMILES string of the molecule is O=C1/C(=C\c2ccccn2)SC(=S)N1c1cccc(Cl)c1. The summed E-state index contributed by atoms with van der Waals surface area (Å²) in [4.78, 5) is 18.7. The van der Waals surface area contributed by atoms with Crippen LogP contribution in [0.2, 0.25) is 5.02 Å². The first kappa shape index (κ1) is 14.3. The van der Waals surface area contributed by atoms with Crippen molar-refractivity contribution in [3.8, 4) is 0 Å². The van der Waals surface area contributed by atoms with Crippen LogP contribution in [0.5, 0.6) is 0 Å². The van der Waals surface area contributed by atoms with Crippen molar-refractivity contribution < 1.29 is 4.79 Å². The van der Waals surface area contributed by atoms with Gasteiger partial charge in [0.05, 0.1) is 16.3 Å². The zero-order valence-corrected chi connectivity index (χ0v) is 13.1. The number of anilines is 1. The van der Waals surface area contributed by atoms with Gasteiger partial charge < -0.3 is 0 Å². The van der Waals surface area contributed by atoms with Crippen molar-refractivity contribution in [2.24, 2.45) is 0 Å². The molecule has 0 atom stereocenters. The first-order valence-electron chi connectivity index (χ1n) is 6.10. The van der Waals surface area contributed by atoms with Crippen molar-refractivity contribution in [1.29, 1.82) is 0 Å². The van der Waals surface area contributed by atoms with Gasteiger partial charge in [-0.2, -0.15) is 0 Å². The average molecular weight is 333 g/mol. The van der Waals surface area contributed by atoms with Gasteiger partial charge in [0.15, 0.2) is 4.32 Å². The number of aromatic nitrogens is 1. The maximum Gasteiger partial charge on any atom is 0.270 e. The zero-order chi connectivity index (χ0) is 14.8. The first-order chi connectivity index (χ1) is 10.1. The lowest BCUT2D eigenvalue weighted by Crippen LogP contribution is -2.27. The van der Waals surface area contributed by atoms with Crippen LogP contribution in [0, 0.1) is 0 Å². The van der Waals surface area contributed by atoms with Gasteiger partial charge in [-0.05, 0) is 36.4 Å². The number of amides is 1. The van der Waals surface area contributed by atoms with Crippen molar-refractivity contribution in [1.82, 2.24) is 4.98 Å². The summed E-state index contributed by atoms with van der Waals surface area (Å²) in [6.07, 6.45) is 3.42. The summed E-state index contributed by atoms with van der Waals surface area (Å²) in [6.45, 7) is 0. The Kier molecular flexibility index (Phi) is 4.05. The van der Waals surface area contributed by atoms with Crippen LogP contribution in [0.4, 0.5) is 5.69 Å². The highest BCUT2D eigenvalue weighted by atomic mass is 35.5. The van der Waals surface area contributed by atoms with Crippen LogP contribution in [0.3, 0.4) is 0 Å². The van der Waals surface area contributed by atoms with E-state index in [0.29, 0.717) is 19.9 Å². The molecule has 1 saturated heterocycles. The molecule has 1 aromatic heterocycles. The van der Waals surface area contributed by atoms with Crippen LogP contribution in [0.25, 0.3) is 6.08 Å². The largest absolute Gasteiger partial charge is 0.270 e. The first-order valence-corrected chi connectivity index (χ1v) is 7.70. The Labute approximate surface area is 136 Å². The number of thioether (sulfide) groups is 1. The minimum atomic E-state index is -0.155. The fourth-order valence-electron chi connectivity index (χ4n) is 1.90. The minimum absolute atomic E-state index is 0.155. The molecule has 104 valence electrons.